The summed E-state index contributed by atoms with van der Waals surface area (Å²) in [6, 6.07) is 7.71. The molecule has 126 valence electrons. The summed E-state index contributed by atoms with van der Waals surface area (Å²) in [5, 5.41) is 0. The van der Waals surface area contributed by atoms with Crippen LogP contribution >= 0.6 is 0 Å². The molecule has 0 spiro atoms. The van der Waals surface area contributed by atoms with Crippen LogP contribution in [0.3, 0.4) is 0 Å². The van der Waals surface area contributed by atoms with E-state index < -0.39 is 0 Å². The van der Waals surface area contributed by atoms with Gasteiger partial charge in [-0.05, 0) is 37.1 Å². The van der Waals surface area contributed by atoms with Crippen LogP contribution in [0, 0.1) is 5.92 Å². The van der Waals surface area contributed by atoms with Gasteiger partial charge in [-0.3, -0.25) is 4.79 Å². The molecule has 0 atom stereocenters. The molecule has 0 radical (unpaired) electrons. The van der Waals surface area contributed by atoms with Crippen LogP contribution in [0.25, 0.3) is 0 Å². The van der Waals surface area contributed by atoms with Gasteiger partial charge in [0.1, 0.15) is 17.6 Å². The summed E-state index contributed by atoms with van der Waals surface area (Å²) < 4.78 is 11.2. The maximum atomic E-state index is 12.6. The van der Waals surface area contributed by atoms with Crippen molar-refractivity contribution in [2.75, 3.05) is 20.2 Å². The number of carbonyl (C=O) groups is 1. The van der Waals surface area contributed by atoms with Crippen molar-refractivity contribution in [3.05, 3.63) is 24.3 Å². The zero-order chi connectivity index (χ0) is 16.1. The lowest BCUT2D eigenvalue weighted by Gasteiger charge is -2.35. The lowest BCUT2D eigenvalue weighted by molar-refractivity contribution is -0.138. The topological polar surface area (TPSA) is 38.8 Å². The fourth-order valence-corrected chi connectivity index (χ4v) is 3.65. The monoisotopic (exact) mass is 317 g/mol. The molecule has 4 heteroatoms. The SMILES string of the molecule is COc1ccc(OC2CCN(C(=O)C3CCCCC3)CC2)cc1. The van der Waals surface area contributed by atoms with Crippen molar-refractivity contribution in [1.29, 1.82) is 0 Å². The normalized spacial score (nSPS) is 20.3. The minimum absolute atomic E-state index is 0.207. The number of hydrogen-bond acceptors (Lipinski definition) is 3. The Kier molecular flexibility index (Phi) is 5.42. The second-order valence-corrected chi connectivity index (χ2v) is 6.65. The summed E-state index contributed by atoms with van der Waals surface area (Å²) in [5.41, 5.74) is 0. The molecule has 1 amide bonds. The van der Waals surface area contributed by atoms with E-state index in [0.29, 0.717) is 5.91 Å². The summed E-state index contributed by atoms with van der Waals surface area (Å²) in [6.07, 6.45) is 7.94. The highest BCUT2D eigenvalue weighted by Gasteiger charge is 2.29. The maximum Gasteiger partial charge on any atom is 0.225 e. The minimum Gasteiger partial charge on any atom is -0.497 e. The number of piperidine rings is 1. The van der Waals surface area contributed by atoms with E-state index in [1.54, 1.807) is 7.11 Å². The molecular weight excluding hydrogens is 290 g/mol. The van der Waals surface area contributed by atoms with Gasteiger partial charge in [0.2, 0.25) is 5.91 Å². The summed E-state index contributed by atoms with van der Waals surface area (Å²) in [7, 11) is 1.66. The van der Waals surface area contributed by atoms with Crippen LogP contribution in [0.1, 0.15) is 44.9 Å². The third kappa shape index (κ3) is 4.18. The van der Waals surface area contributed by atoms with E-state index in [1.165, 1.54) is 19.3 Å². The molecule has 3 rings (SSSR count). The highest BCUT2D eigenvalue weighted by atomic mass is 16.5. The zero-order valence-electron chi connectivity index (χ0n) is 14.0. The van der Waals surface area contributed by atoms with Gasteiger partial charge in [-0.1, -0.05) is 19.3 Å². The minimum atomic E-state index is 0.207. The van der Waals surface area contributed by atoms with Gasteiger partial charge in [-0.25, -0.2) is 0 Å². The van der Waals surface area contributed by atoms with Gasteiger partial charge in [0.15, 0.2) is 0 Å². The molecule has 1 saturated heterocycles. The van der Waals surface area contributed by atoms with E-state index in [2.05, 4.69) is 4.90 Å². The Morgan fingerprint density at radius 3 is 2.17 bits per heavy atom. The molecular formula is C19H27NO3. The van der Waals surface area contributed by atoms with E-state index in [4.69, 9.17) is 9.47 Å². The smallest absolute Gasteiger partial charge is 0.225 e. The quantitative estimate of drug-likeness (QED) is 0.851. The Hall–Kier alpha value is -1.71. The largest absolute Gasteiger partial charge is 0.497 e. The summed E-state index contributed by atoms with van der Waals surface area (Å²) in [4.78, 5) is 14.6. The number of methoxy groups -OCH3 is 1. The van der Waals surface area contributed by atoms with Gasteiger partial charge in [0.25, 0.3) is 0 Å². The lowest BCUT2D eigenvalue weighted by atomic mass is 9.88. The van der Waals surface area contributed by atoms with Crippen molar-refractivity contribution in [3.63, 3.8) is 0 Å². The molecule has 0 aromatic heterocycles. The fraction of sp³-hybridized carbons (Fsp3) is 0.632. The van der Waals surface area contributed by atoms with Gasteiger partial charge in [0.05, 0.1) is 7.11 Å². The van der Waals surface area contributed by atoms with Crippen LogP contribution in [-0.4, -0.2) is 37.1 Å². The van der Waals surface area contributed by atoms with E-state index in [1.807, 2.05) is 24.3 Å². The number of ether oxygens (including phenoxy) is 2. The first-order valence-electron chi connectivity index (χ1n) is 8.86. The number of nitrogens with zero attached hydrogens (tertiary/aromatic N) is 1. The van der Waals surface area contributed by atoms with E-state index in [-0.39, 0.29) is 12.0 Å². The average Bonchev–Trinajstić information content (AvgIpc) is 2.63. The maximum absolute atomic E-state index is 12.6. The van der Waals surface area contributed by atoms with E-state index in [0.717, 1.165) is 50.3 Å². The van der Waals surface area contributed by atoms with Gasteiger partial charge in [0, 0.05) is 31.8 Å². The first kappa shape index (κ1) is 16.2. The van der Waals surface area contributed by atoms with Crippen molar-refractivity contribution < 1.29 is 14.3 Å². The molecule has 2 aliphatic rings. The Morgan fingerprint density at radius 2 is 1.57 bits per heavy atom. The van der Waals surface area contributed by atoms with Crippen molar-refractivity contribution in [1.82, 2.24) is 4.90 Å². The molecule has 1 aliphatic carbocycles. The second kappa shape index (κ2) is 7.71. The first-order chi connectivity index (χ1) is 11.3. The summed E-state index contributed by atoms with van der Waals surface area (Å²) in [5.74, 6) is 2.38. The lowest BCUT2D eigenvalue weighted by Crippen LogP contribution is -2.44. The van der Waals surface area contributed by atoms with Gasteiger partial charge >= 0.3 is 0 Å². The molecule has 1 saturated carbocycles. The van der Waals surface area contributed by atoms with Crippen molar-refractivity contribution in [3.8, 4) is 11.5 Å². The second-order valence-electron chi connectivity index (χ2n) is 6.65. The summed E-state index contributed by atoms with van der Waals surface area (Å²) >= 11 is 0. The molecule has 2 fully saturated rings. The number of rotatable bonds is 4. The van der Waals surface area contributed by atoms with Gasteiger partial charge < -0.3 is 14.4 Å². The van der Waals surface area contributed by atoms with E-state index >= 15 is 0 Å². The Labute approximate surface area is 138 Å². The van der Waals surface area contributed by atoms with Crippen molar-refractivity contribution in [2.24, 2.45) is 5.92 Å². The number of benzene rings is 1. The predicted octanol–water partition coefficient (Wildman–Crippen LogP) is 3.65. The molecule has 1 aromatic rings. The first-order valence-corrected chi connectivity index (χ1v) is 8.86. The Bertz CT molecular complexity index is 500. The van der Waals surface area contributed by atoms with Crippen LogP contribution in [0.4, 0.5) is 0 Å². The fourth-order valence-electron chi connectivity index (χ4n) is 3.65. The molecule has 1 heterocycles. The predicted molar refractivity (Wildman–Crippen MR) is 89.8 cm³/mol. The third-order valence-electron chi connectivity index (χ3n) is 5.07. The molecule has 1 aliphatic heterocycles. The molecule has 4 nitrogen and oxygen atoms in total. The van der Waals surface area contributed by atoms with Crippen LogP contribution in [0.15, 0.2) is 24.3 Å². The van der Waals surface area contributed by atoms with Crippen LogP contribution < -0.4 is 9.47 Å². The standard InChI is InChI=1S/C19H27NO3/c1-22-16-7-9-17(10-8-16)23-18-11-13-20(14-12-18)19(21)15-5-3-2-4-6-15/h7-10,15,18H,2-6,11-14H2,1H3. The van der Waals surface area contributed by atoms with Crippen molar-refractivity contribution in [2.45, 2.75) is 51.0 Å². The average molecular weight is 317 g/mol. The number of amides is 1. The van der Waals surface area contributed by atoms with Gasteiger partial charge in [-0.2, -0.15) is 0 Å². The molecule has 0 unspecified atom stereocenters. The van der Waals surface area contributed by atoms with Crippen LogP contribution in [0.2, 0.25) is 0 Å². The van der Waals surface area contributed by atoms with E-state index in [9.17, 15) is 4.79 Å². The number of hydrogen-bond donors (Lipinski definition) is 0. The zero-order valence-corrected chi connectivity index (χ0v) is 14.0. The highest BCUT2D eigenvalue weighted by molar-refractivity contribution is 5.79. The molecule has 23 heavy (non-hydrogen) atoms. The number of carbonyl (C=O) groups excluding carboxylic acids is 1. The molecule has 0 bridgehead atoms. The Morgan fingerprint density at radius 1 is 0.957 bits per heavy atom. The highest BCUT2D eigenvalue weighted by Crippen LogP contribution is 2.27. The molecule has 1 aromatic carbocycles. The van der Waals surface area contributed by atoms with Crippen LogP contribution in [-0.2, 0) is 4.79 Å². The number of likely N-dealkylation sites (tertiary alicyclic amines) is 1. The van der Waals surface area contributed by atoms with Crippen molar-refractivity contribution >= 4 is 5.91 Å². The molecule has 0 N–H and O–H groups in total. The summed E-state index contributed by atoms with van der Waals surface area (Å²) in [6.45, 7) is 1.66. The third-order valence-corrected chi connectivity index (χ3v) is 5.07. The van der Waals surface area contributed by atoms with Crippen LogP contribution in [0.5, 0.6) is 11.5 Å². The van der Waals surface area contributed by atoms with Gasteiger partial charge in [-0.15, -0.1) is 0 Å². The Balaban J connectivity index is 1.46.